The van der Waals surface area contributed by atoms with Crippen LogP contribution in [0.2, 0.25) is 0 Å². The molecule has 0 spiro atoms. The minimum Gasteiger partial charge on any atom is -0.396 e. The number of ether oxygens (including phenoxy) is 4. The summed E-state index contributed by atoms with van der Waals surface area (Å²) in [6, 6.07) is 0. The second-order valence-corrected chi connectivity index (χ2v) is 16.3. The molecule has 6 N–H and O–H groups in total. The van der Waals surface area contributed by atoms with Crippen molar-refractivity contribution in [2.45, 2.75) is 161 Å². The summed E-state index contributed by atoms with van der Waals surface area (Å²) in [7, 11) is 3.42. The van der Waals surface area contributed by atoms with Crippen molar-refractivity contribution in [1.82, 2.24) is 21.1 Å². The van der Waals surface area contributed by atoms with Crippen LogP contribution in [0.5, 0.6) is 0 Å². The molecule has 0 aliphatic rings. The lowest BCUT2D eigenvalue weighted by molar-refractivity contribution is -0.126. The van der Waals surface area contributed by atoms with Crippen LogP contribution in [0.15, 0.2) is 24.9 Å². The number of methoxy groups -OCH3 is 1. The van der Waals surface area contributed by atoms with Gasteiger partial charge in [0.25, 0.3) is 0 Å². The van der Waals surface area contributed by atoms with Crippen molar-refractivity contribution in [3.8, 4) is 11.8 Å². The van der Waals surface area contributed by atoms with E-state index in [1.54, 1.807) is 14.0 Å². The summed E-state index contributed by atoms with van der Waals surface area (Å²) < 4.78 is 21.2. The first-order valence-corrected chi connectivity index (χ1v) is 24.7. The Kier molecular flexibility index (Phi) is 56.8. The van der Waals surface area contributed by atoms with Gasteiger partial charge in [0, 0.05) is 70.8 Å². The molecule has 0 aliphatic heterocycles. The largest absolute Gasteiger partial charge is 0.396 e. The molecule has 0 aromatic rings. The first kappa shape index (κ1) is 64.1. The fraction of sp³-hybridized carbons (Fsp3) is 0.833. The topological polar surface area (TPSA) is 171 Å². The van der Waals surface area contributed by atoms with Crippen LogP contribution in [0.4, 0.5) is 0 Å². The maximum Gasteiger partial charge on any atom is 0.246 e. The summed E-state index contributed by atoms with van der Waals surface area (Å²) in [5.41, 5.74) is 4.18. The normalized spacial score (nSPS) is 11.9. The second-order valence-electron chi connectivity index (χ2n) is 15.2. The third-order valence-electron chi connectivity index (χ3n) is 9.42. The van der Waals surface area contributed by atoms with Gasteiger partial charge in [-0.3, -0.25) is 9.59 Å². The minimum atomic E-state index is -0.517. The van der Waals surface area contributed by atoms with Crippen LogP contribution in [0.1, 0.15) is 149 Å². The van der Waals surface area contributed by atoms with Crippen molar-refractivity contribution in [3.05, 3.63) is 24.9 Å². The second kappa shape index (κ2) is 54.9. The van der Waals surface area contributed by atoms with E-state index in [1.165, 1.54) is 102 Å². The predicted molar refractivity (Wildman–Crippen MR) is 259 cm³/mol. The lowest BCUT2D eigenvalue weighted by Gasteiger charge is -2.20. The van der Waals surface area contributed by atoms with Crippen LogP contribution < -0.4 is 16.1 Å². The van der Waals surface area contributed by atoms with Gasteiger partial charge < -0.3 is 49.9 Å². The molecular weight excluding hydrogens is 809 g/mol. The zero-order valence-electron chi connectivity index (χ0n) is 40.1. The van der Waals surface area contributed by atoms with E-state index < -0.39 is 6.10 Å². The maximum absolute atomic E-state index is 12.3. The monoisotopic (exact) mass is 903 g/mol. The highest BCUT2D eigenvalue weighted by Gasteiger charge is 2.06. The van der Waals surface area contributed by atoms with Crippen molar-refractivity contribution in [3.63, 3.8) is 0 Å². The van der Waals surface area contributed by atoms with Gasteiger partial charge in [-0.25, -0.2) is 5.43 Å². The molecule has 0 heterocycles. The Morgan fingerprint density at radius 1 is 0.774 bits per heavy atom. The highest BCUT2D eigenvalue weighted by molar-refractivity contribution is 7.99. The lowest BCUT2D eigenvalue weighted by atomic mass is 10.1. The number of amides is 2. The molecule has 62 heavy (non-hydrogen) atoms. The van der Waals surface area contributed by atoms with E-state index in [4.69, 9.17) is 24.4 Å². The number of thioether (sulfide) groups is 1. The van der Waals surface area contributed by atoms with E-state index in [2.05, 4.69) is 52.7 Å². The Morgan fingerprint density at radius 2 is 1.31 bits per heavy atom. The van der Waals surface area contributed by atoms with E-state index in [9.17, 15) is 14.7 Å². The van der Waals surface area contributed by atoms with Crippen LogP contribution in [0.3, 0.4) is 0 Å². The zero-order chi connectivity index (χ0) is 46.6. The smallest absolute Gasteiger partial charge is 0.246 e. The first-order chi connectivity index (χ1) is 30.2. The molecule has 0 saturated heterocycles. The zero-order valence-corrected chi connectivity index (χ0v) is 40.9. The molecule has 0 aromatic heterocycles. The number of hydrazine groups is 1. The minimum absolute atomic E-state index is 0.00926. The van der Waals surface area contributed by atoms with E-state index >= 15 is 0 Å². The summed E-state index contributed by atoms with van der Waals surface area (Å²) in [6.07, 6.45) is 25.1. The molecule has 2 atom stereocenters. The number of hydrogen-bond donors (Lipinski definition) is 6. The molecule has 13 nitrogen and oxygen atoms in total. The molecule has 366 valence electrons. The van der Waals surface area contributed by atoms with E-state index in [-0.39, 0.29) is 37.7 Å². The van der Waals surface area contributed by atoms with E-state index in [0.717, 1.165) is 31.3 Å². The summed E-state index contributed by atoms with van der Waals surface area (Å²) >= 11 is 1.53. The Balaban J connectivity index is -0.00000397. The van der Waals surface area contributed by atoms with Gasteiger partial charge in [-0.15, -0.1) is 25.0 Å². The SMILES string of the molecule is C=C.CCCCCCCCCCCCC#CCCCCCCCCC(=O)NC/C(C)=C/N(CCOCCOCCOCC(=O)NCCSCC(O)CCO)NC.COC(C)CO. The van der Waals surface area contributed by atoms with Crippen LogP contribution in [-0.4, -0.2) is 143 Å². The number of carbonyl (C=O) groups is 2. The average Bonchev–Trinajstić information content (AvgIpc) is 3.28. The van der Waals surface area contributed by atoms with Gasteiger partial charge in [-0.05, 0) is 45.1 Å². The molecule has 0 radical (unpaired) electrons. The van der Waals surface area contributed by atoms with Crippen LogP contribution in [0, 0.1) is 11.8 Å². The van der Waals surface area contributed by atoms with Crippen molar-refractivity contribution in [1.29, 1.82) is 0 Å². The highest BCUT2D eigenvalue weighted by atomic mass is 32.2. The van der Waals surface area contributed by atoms with Gasteiger partial charge >= 0.3 is 0 Å². The molecule has 0 saturated carbocycles. The summed E-state index contributed by atoms with van der Waals surface area (Å²) in [5.74, 6) is 7.88. The fourth-order valence-electron chi connectivity index (χ4n) is 5.57. The van der Waals surface area contributed by atoms with Gasteiger partial charge in [0.05, 0.1) is 58.4 Å². The first-order valence-electron chi connectivity index (χ1n) is 23.6. The molecule has 0 aromatic carbocycles. The Bertz CT molecular complexity index is 1040. The predicted octanol–water partition coefficient (Wildman–Crippen LogP) is 7.34. The Labute approximate surface area is 383 Å². The standard InChI is InChI=1S/C42H80N4O7S.C4H10O2.C2H4/c1-4-5-6-7-8-9-10-11-12-13-14-15-16-17-18-19-20-21-22-23-24-41(49)45-35-39(2)36-46(43-3)27-29-51-30-31-52-32-33-53-37-42(50)44-26-34-54-38-40(48)25-28-47;1-4(3-5)6-2;1-2/h36,40,43,47-48H,4-14,17-35,37-38H2,1-3H3,(H,44,50)(H,45,49);4-5H,3H2,1-2H3;1-2H2/b39-36+;;. The Morgan fingerprint density at radius 3 is 1.82 bits per heavy atom. The fourth-order valence-corrected chi connectivity index (χ4v) is 6.42. The summed E-state index contributed by atoms with van der Waals surface area (Å²) in [6.45, 7) is 15.9. The quantitative estimate of drug-likeness (QED) is 0.0156. The van der Waals surface area contributed by atoms with Crippen LogP contribution >= 0.6 is 11.8 Å². The molecule has 2 unspecified atom stereocenters. The van der Waals surface area contributed by atoms with Crippen LogP contribution in [-0.2, 0) is 28.5 Å². The number of carbonyl (C=O) groups excluding carboxylic acids is 2. The molecule has 0 fully saturated rings. The van der Waals surface area contributed by atoms with Gasteiger partial charge in [0.1, 0.15) is 6.61 Å². The number of rotatable bonds is 42. The highest BCUT2D eigenvalue weighted by Crippen LogP contribution is 2.12. The maximum atomic E-state index is 12.3. The number of aliphatic hydroxyl groups excluding tert-OH is 3. The number of aliphatic hydroxyl groups is 3. The molecule has 0 aliphatic carbocycles. The van der Waals surface area contributed by atoms with Gasteiger partial charge in [0.15, 0.2) is 0 Å². The van der Waals surface area contributed by atoms with Gasteiger partial charge in [-0.1, -0.05) is 90.4 Å². The lowest BCUT2D eigenvalue weighted by Crippen LogP contribution is -2.34. The summed E-state index contributed by atoms with van der Waals surface area (Å²) in [5, 5.41) is 34.3. The van der Waals surface area contributed by atoms with Crippen molar-refractivity contribution in [2.75, 3.05) is 98.2 Å². The van der Waals surface area contributed by atoms with Gasteiger partial charge in [-0.2, -0.15) is 11.8 Å². The third kappa shape index (κ3) is 53.9. The number of nitrogens with zero attached hydrogens (tertiary/aromatic N) is 1. The van der Waals surface area contributed by atoms with Crippen molar-refractivity contribution in [2.24, 2.45) is 0 Å². The Hall–Kier alpha value is -2.19. The number of unbranched alkanes of at least 4 members (excludes halogenated alkanes) is 16. The van der Waals surface area contributed by atoms with Gasteiger partial charge in [0.2, 0.25) is 11.8 Å². The van der Waals surface area contributed by atoms with Crippen molar-refractivity contribution < 1.29 is 43.9 Å². The number of nitrogens with one attached hydrogen (secondary N) is 3. The molecule has 0 rings (SSSR count). The number of hydrogen-bond acceptors (Lipinski definition) is 12. The van der Waals surface area contributed by atoms with Crippen LogP contribution in [0.25, 0.3) is 0 Å². The van der Waals surface area contributed by atoms with Crippen molar-refractivity contribution >= 4 is 23.6 Å². The molecular formula is C48H94N4O9S. The van der Waals surface area contributed by atoms with E-state index in [0.29, 0.717) is 77.0 Å². The van der Waals surface area contributed by atoms with E-state index in [1.807, 2.05) is 25.2 Å². The molecule has 2 amide bonds. The third-order valence-corrected chi connectivity index (χ3v) is 10.5. The average molecular weight is 903 g/mol. The molecule has 0 bridgehead atoms. The molecule has 14 heteroatoms. The summed E-state index contributed by atoms with van der Waals surface area (Å²) in [4.78, 5) is 24.1.